The summed E-state index contributed by atoms with van der Waals surface area (Å²) >= 11 is 2.72. The molecule has 2 amide bonds. The number of benzene rings is 1. The lowest BCUT2D eigenvalue weighted by atomic mass is 10.2. The van der Waals surface area contributed by atoms with Crippen LogP contribution in [0.1, 0.15) is 39.7 Å². The third kappa shape index (κ3) is 5.61. The van der Waals surface area contributed by atoms with Gasteiger partial charge in [-0.3, -0.25) is 9.59 Å². The molecule has 3 rings (SSSR count). The minimum absolute atomic E-state index is 0.163. The summed E-state index contributed by atoms with van der Waals surface area (Å²) in [6.45, 7) is 5.71. The van der Waals surface area contributed by atoms with Gasteiger partial charge in [0.1, 0.15) is 5.75 Å². The van der Waals surface area contributed by atoms with E-state index in [0.717, 1.165) is 10.6 Å². The summed E-state index contributed by atoms with van der Waals surface area (Å²) in [5.74, 6) is 1.07. The number of nitrogens with zero attached hydrogens (tertiary/aromatic N) is 4. The number of anilines is 1. The van der Waals surface area contributed by atoms with Crippen molar-refractivity contribution in [3.05, 3.63) is 46.2 Å². The first-order chi connectivity index (χ1) is 14.8. The van der Waals surface area contributed by atoms with Crippen LogP contribution in [0, 0.1) is 13.8 Å². The van der Waals surface area contributed by atoms with Gasteiger partial charge >= 0.3 is 0 Å². The van der Waals surface area contributed by atoms with Crippen molar-refractivity contribution in [2.45, 2.75) is 32.0 Å². The Kier molecular flexibility index (Phi) is 7.29. The Labute approximate surface area is 188 Å². The highest BCUT2D eigenvalue weighted by molar-refractivity contribution is 7.99. The van der Waals surface area contributed by atoms with Crippen molar-refractivity contribution in [2.24, 2.45) is 7.05 Å². The monoisotopic (exact) mass is 460 g/mol. The molecule has 2 aromatic heterocycles. The highest BCUT2D eigenvalue weighted by Gasteiger charge is 2.19. The van der Waals surface area contributed by atoms with Crippen molar-refractivity contribution in [1.29, 1.82) is 0 Å². The molecule has 0 aliphatic carbocycles. The maximum absolute atomic E-state index is 12.5. The number of hydrogen-bond acceptors (Lipinski definition) is 8. The average Bonchev–Trinajstić information content (AvgIpc) is 3.27. The maximum Gasteiger partial charge on any atom is 0.251 e. The van der Waals surface area contributed by atoms with Crippen LogP contribution in [0.3, 0.4) is 0 Å². The molecule has 1 atom stereocenters. The fraction of sp³-hybridized carbons (Fsp3) is 0.350. The molecule has 9 nitrogen and oxygen atoms in total. The molecule has 0 spiro atoms. The van der Waals surface area contributed by atoms with Crippen molar-refractivity contribution in [3.63, 3.8) is 0 Å². The summed E-state index contributed by atoms with van der Waals surface area (Å²) in [5, 5.41) is 15.2. The van der Waals surface area contributed by atoms with Crippen LogP contribution in [0.4, 0.5) is 5.13 Å². The van der Waals surface area contributed by atoms with Gasteiger partial charge in [0.15, 0.2) is 16.1 Å². The molecule has 11 heteroatoms. The lowest BCUT2D eigenvalue weighted by molar-refractivity contribution is -0.113. The van der Waals surface area contributed by atoms with E-state index in [1.54, 1.807) is 43.0 Å². The first-order valence-corrected chi connectivity index (χ1v) is 11.3. The van der Waals surface area contributed by atoms with E-state index in [4.69, 9.17) is 4.74 Å². The van der Waals surface area contributed by atoms with Gasteiger partial charge in [-0.05, 0) is 45.0 Å². The number of thiazole rings is 1. The Morgan fingerprint density at radius 2 is 1.94 bits per heavy atom. The lowest BCUT2D eigenvalue weighted by Crippen LogP contribution is -2.28. The quantitative estimate of drug-likeness (QED) is 0.497. The number of amides is 2. The van der Waals surface area contributed by atoms with Gasteiger partial charge in [0.2, 0.25) is 5.91 Å². The molecule has 31 heavy (non-hydrogen) atoms. The Morgan fingerprint density at radius 3 is 2.55 bits per heavy atom. The molecular formula is C20H24N6O3S2. The van der Waals surface area contributed by atoms with Crippen LogP contribution in [-0.4, -0.2) is 44.4 Å². The SMILES string of the molecule is COc1ccc(C(=O)N[C@H](C)c2nnc(SCC(=O)Nc3nc(C)c(C)s3)n2C)cc1. The smallest absolute Gasteiger partial charge is 0.251 e. The molecule has 2 heterocycles. The summed E-state index contributed by atoms with van der Waals surface area (Å²) < 4.78 is 6.88. The molecule has 0 aliphatic rings. The van der Waals surface area contributed by atoms with Crippen LogP contribution in [0.5, 0.6) is 5.75 Å². The Morgan fingerprint density at radius 1 is 1.23 bits per heavy atom. The number of thioether (sulfide) groups is 1. The summed E-state index contributed by atoms with van der Waals surface area (Å²) in [5.41, 5.74) is 1.44. The predicted octanol–water partition coefficient (Wildman–Crippen LogP) is 3.12. The van der Waals surface area contributed by atoms with Crippen LogP contribution in [0.2, 0.25) is 0 Å². The van der Waals surface area contributed by atoms with E-state index in [0.29, 0.717) is 27.4 Å². The number of ether oxygens (including phenoxy) is 1. The lowest BCUT2D eigenvalue weighted by Gasteiger charge is -2.14. The van der Waals surface area contributed by atoms with Crippen LogP contribution >= 0.6 is 23.1 Å². The Hall–Kier alpha value is -2.92. The van der Waals surface area contributed by atoms with Gasteiger partial charge < -0.3 is 19.9 Å². The van der Waals surface area contributed by atoms with Gasteiger partial charge in [0.05, 0.1) is 24.6 Å². The molecule has 0 aliphatic heterocycles. The van der Waals surface area contributed by atoms with Crippen molar-refractivity contribution in [3.8, 4) is 5.75 Å². The van der Waals surface area contributed by atoms with Crippen LogP contribution < -0.4 is 15.4 Å². The van der Waals surface area contributed by atoms with Crippen molar-refractivity contribution < 1.29 is 14.3 Å². The zero-order valence-corrected chi connectivity index (χ0v) is 19.6. The average molecular weight is 461 g/mol. The number of rotatable bonds is 8. The molecule has 0 radical (unpaired) electrons. The summed E-state index contributed by atoms with van der Waals surface area (Å²) in [6.07, 6.45) is 0. The number of carbonyl (C=O) groups is 2. The number of carbonyl (C=O) groups excluding carboxylic acids is 2. The number of aromatic nitrogens is 4. The minimum atomic E-state index is -0.364. The van der Waals surface area contributed by atoms with E-state index in [9.17, 15) is 9.59 Å². The molecule has 0 saturated heterocycles. The number of aryl methyl sites for hydroxylation is 2. The zero-order valence-electron chi connectivity index (χ0n) is 17.9. The second-order valence-corrected chi connectivity index (χ2v) is 8.97. The van der Waals surface area contributed by atoms with Crippen molar-refractivity contribution in [1.82, 2.24) is 25.1 Å². The largest absolute Gasteiger partial charge is 0.497 e. The zero-order chi connectivity index (χ0) is 22.5. The predicted molar refractivity (Wildman–Crippen MR) is 121 cm³/mol. The first kappa shape index (κ1) is 22.8. The Bertz CT molecular complexity index is 1060. The molecule has 2 N–H and O–H groups in total. The summed E-state index contributed by atoms with van der Waals surface area (Å²) in [7, 11) is 3.38. The molecule has 0 saturated carbocycles. The van der Waals surface area contributed by atoms with E-state index < -0.39 is 0 Å². The normalized spacial score (nSPS) is 11.8. The Balaban J connectivity index is 1.56. The van der Waals surface area contributed by atoms with Gasteiger partial charge in [0, 0.05) is 17.5 Å². The third-order valence-electron chi connectivity index (χ3n) is 4.56. The molecule has 3 aromatic rings. The van der Waals surface area contributed by atoms with Gasteiger partial charge in [-0.15, -0.1) is 21.5 Å². The number of methoxy groups -OCH3 is 1. The second kappa shape index (κ2) is 9.92. The maximum atomic E-state index is 12.5. The molecule has 164 valence electrons. The highest BCUT2D eigenvalue weighted by Crippen LogP contribution is 2.23. The minimum Gasteiger partial charge on any atom is -0.497 e. The topological polar surface area (TPSA) is 111 Å². The van der Waals surface area contributed by atoms with Gasteiger partial charge in [-0.25, -0.2) is 4.98 Å². The van der Waals surface area contributed by atoms with Gasteiger partial charge in [0.25, 0.3) is 5.91 Å². The van der Waals surface area contributed by atoms with Crippen molar-refractivity contribution >= 4 is 40.0 Å². The van der Waals surface area contributed by atoms with E-state index in [-0.39, 0.29) is 23.6 Å². The van der Waals surface area contributed by atoms with Crippen molar-refractivity contribution in [2.75, 3.05) is 18.2 Å². The van der Waals surface area contributed by atoms with Gasteiger partial charge in [-0.1, -0.05) is 11.8 Å². The molecule has 0 unspecified atom stereocenters. The van der Waals surface area contributed by atoms with E-state index in [2.05, 4.69) is 25.8 Å². The van der Waals surface area contributed by atoms with E-state index in [1.807, 2.05) is 20.8 Å². The summed E-state index contributed by atoms with van der Waals surface area (Å²) in [6, 6.07) is 6.49. The van der Waals surface area contributed by atoms with E-state index in [1.165, 1.54) is 23.1 Å². The second-order valence-electron chi connectivity index (χ2n) is 6.82. The number of nitrogens with one attached hydrogen (secondary N) is 2. The molecule has 0 bridgehead atoms. The fourth-order valence-corrected chi connectivity index (χ4v) is 4.28. The van der Waals surface area contributed by atoms with Gasteiger partial charge in [-0.2, -0.15) is 0 Å². The molecule has 1 aromatic carbocycles. The number of hydrogen-bond donors (Lipinski definition) is 2. The molecule has 0 fully saturated rings. The fourth-order valence-electron chi connectivity index (χ4n) is 2.73. The van der Waals surface area contributed by atoms with E-state index >= 15 is 0 Å². The van der Waals surface area contributed by atoms with Crippen LogP contribution in [-0.2, 0) is 11.8 Å². The first-order valence-electron chi connectivity index (χ1n) is 9.49. The summed E-state index contributed by atoms with van der Waals surface area (Å²) in [4.78, 5) is 30.1. The van der Waals surface area contributed by atoms with Crippen LogP contribution in [0.25, 0.3) is 0 Å². The molecular weight excluding hydrogens is 436 g/mol. The standard InChI is InChI=1S/C20H24N6O3S2/c1-11-13(3)31-19(22-11)23-16(27)10-30-20-25-24-17(26(20)4)12(2)21-18(28)14-6-8-15(29-5)9-7-14/h6-9,12H,10H2,1-5H3,(H,21,28)(H,22,23,27)/t12-/m1/s1. The third-order valence-corrected chi connectivity index (χ3v) is 6.57. The van der Waals surface area contributed by atoms with Crippen LogP contribution in [0.15, 0.2) is 29.4 Å². The highest BCUT2D eigenvalue weighted by atomic mass is 32.2.